The SMILES string of the molecule is N#Cc1cc(Br)ccc1[N+]#N.O.O=S(=O)([O-])O. The first-order valence-corrected chi connectivity index (χ1v) is 5.66. The van der Waals surface area contributed by atoms with E-state index in [1.807, 2.05) is 6.07 Å². The molecule has 0 saturated heterocycles. The summed E-state index contributed by atoms with van der Waals surface area (Å²) in [4.78, 5) is 2.94. The summed E-state index contributed by atoms with van der Waals surface area (Å²) in [7, 11) is -4.92. The average Bonchev–Trinajstić information content (AvgIpc) is 2.15. The Morgan fingerprint density at radius 1 is 1.47 bits per heavy atom. The van der Waals surface area contributed by atoms with Gasteiger partial charge in [-0.2, -0.15) is 5.26 Å². The Hall–Kier alpha value is -1.56. The first-order valence-electron chi connectivity index (χ1n) is 3.51. The number of diazo groups is 1. The average molecular weight is 324 g/mol. The van der Waals surface area contributed by atoms with Crippen molar-refractivity contribution in [2.45, 2.75) is 0 Å². The van der Waals surface area contributed by atoms with Gasteiger partial charge in [0.25, 0.3) is 0 Å². The van der Waals surface area contributed by atoms with Crippen molar-refractivity contribution in [2.75, 3.05) is 0 Å². The summed E-state index contributed by atoms with van der Waals surface area (Å²) in [5.41, 5.74) is 0.637. The lowest BCUT2D eigenvalue weighted by Gasteiger charge is -1.88. The highest BCUT2D eigenvalue weighted by Crippen LogP contribution is 2.22. The molecule has 0 aliphatic carbocycles. The zero-order valence-electron chi connectivity index (χ0n) is 8.03. The molecule has 0 aliphatic heterocycles. The van der Waals surface area contributed by atoms with Gasteiger partial charge in [0.2, 0.25) is 15.8 Å². The smallest absolute Gasteiger partial charge is 0.402 e. The van der Waals surface area contributed by atoms with E-state index in [9.17, 15) is 0 Å². The Labute approximate surface area is 105 Å². The Bertz CT molecular complexity index is 552. The van der Waals surface area contributed by atoms with Crippen molar-refractivity contribution in [3.63, 3.8) is 0 Å². The van der Waals surface area contributed by atoms with E-state index >= 15 is 0 Å². The third-order valence-electron chi connectivity index (χ3n) is 1.19. The first kappa shape index (κ1) is 17.8. The van der Waals surface area contributed by atoms with Crippen molar-refractivity contribution in [2.24, 2.45) is 0 Å². The Morgan fingerprint density at radius 3 is 2.29 bits per heavy atom. The van der Waals surface area contributed by atoms with Gasteiger partial charge < -0.3 is 10.0 Å². The summed E-state index contributed by atoms with van der Waals surface area (Å²) >= 11 is 3.19. The molecular formula is C7H6BrN3O5S. The number of halogens is 1. The maximum Gasteiger partial charge on any atom is 0.402 e. The van der Waals surface area contributed by atoms with E-state index in [0.29, 0.717) is 5.56 Å². The quantitative estimate of drug-likeness (QED) is 0.425. The summed E-state index contributed by atoms with van der Waals surface area (Å²) in [5.74, 6) is 0. The molecule has 0 aromatic heterocycles. The third-order valence-corrected chi connectivity index (χ3v) is 1.68. The number of nitrogens with zero attached hydrogens (tertiary/aromatic N) is 3. The standard InChI is InChI=1S/C7H3BrN3.H2O4S.H2O/c8-6-1-2-7(11-10)5(3-6)4-9;1-5(2,3)4;/h1-3H;(H2,1,2,3,4);1H2/q+1;;/p-1. The van der Waals surface area contributed by atoms with Crippen molar-refractivity contribution < 1.29 is 23.0 Å². The highest BCUT2D eigenvalue weighted by Gasteiger charge is 2.12. The predicted octanol–water partition coefficient (Wildman–Crippen LogP) is 0.985. The van der Waals surface area contributed by atoms with Gasteiger partial charge in [-0.1, -0.05) is 15.9 Å². The van der Waals surface area contributed by atoms with Gasteiger partial charge in [-0.3, -0.25) is 4.55 Å². The molecule has 1 aromatic rings. The van der Waals surface area contributed by atoms with Crippen molar-refractivity contribution in [3.8, 4) is 6.07 Å². The van der Waals surface area contributed by atoms with Gasteiger partial charge in [0.15, 0.2) is 4.98 Å². The second kappa shape index (κ2) is 7.67. The minimum atomic E-state index is -4.92. The highest BCUT2D eigenvalue weighted by atomic mass is 79.9. The van der Waals surface area contributed by atoms with Crippen LogP contribution in [0.25, 0.3) is 4.98 Å². The molecule has 92 valence electrons. The maximum absolute atomic E-state index is 8.63. The van der Waals surface area contributed by atoms with E-state index in [4.69, 9.17) is 28.2 Å². The summed E-state index contributed by atoms with van der Waals surface area (Å²) in [6.07, 6.45) is 0. The summed E-state index contributed by atoms with van der Waals surface area (Å²) in [6.45, 7) is 0. The molecule has 1 rings (SSSR count). The molecule has 17 heavy (non-hydrogen) atoms. The van der Waals surface area contributed by atoms with Crippen molar-refractivity contribution >= 4 is 32.0 Å². The van der Waals surface area contributed by atoms with Crippen LogP contribution in [0, 0.1) is 16.7 Å². The van der Waals surface area contributed by atoms with Crippen LogP contribution >= 0.6 is 15.9 Å². The van der Waals surface area contributed by atoms with Gasteiger partial charge in [0, 0.05) is 10.5 Å². The van der Waals surface area contributed by atoms with Gasteiger partial charge in [-0.05, 0) is 12.1 Å². The molecule has 0 fully saturated rings. The van der Waals surface area contributed by atoms with Gasteiger partial charge in [-0.25, -0.2) is 8.42 Å². The van der Waals surface area contributed by atoms with Crippen LogP contribution in [0.3, 0.4) is 0 Å². The molecule has 0 bridgehead atoms. The Morgan fingerprint density at radius 2 is 1.94 bits per heavy atom. The van der Waals surface area contributed by atoms with Crippen LogP contribution in [0.4, 0.5) is 5.69 Å². The summed E-state index contributed by atoms with van der Waals surface area (Å²) < 4.78 is 33.6. The minimum absolute atomic E-state index is 0. The number of hydrogen-bond acceptors (Lipinski definition) is 5. The van der Waals surface area contributed by atoms with Crippen molar-refractivity contribution in [1.29, 1.82) is 10.7 Å². The first-order chi connectivity index (χ1) is 7.27. The molecule has 0 aliphatic rings. The molecule has 1 aromatic carbocycles. The molecule has 10 heteroatoms. The fourth-order valence-corrected chi connectivity index (χ4v) is 1.05. The van der Waals surface area contributed by atoms with E-state index in [0.717, 1.165) is 4.47 Å². The van der Waals surface area contributed by atoms with Crippen LogP contribution < -0.4 is 0 Å². The molecule has 0 amide bonds. The molecule has 0 saturated carbocycles. The highest BCUT2D eigenvalue weighted by molar-refractivity contribution is 9.10. The van der Waals surface area contributed by atoms with E-state index in [1.54, 1.807) is 18.2 Å². The van der Waals surface area contributed by atoms with Gasteiger partial charge in [0.05, 0.1) is 0 Å². The van der Waals surface area contributed by atoms with Crippen LogP contribution in [0.2, 0.25) is 0 Å². The Kier molecular flexibility index (Phi) is 8.04. The zero-order valence-corrected chi connectivity index (χ0v) is 10.4. The summed E-state index contributed by atoms with van der Waals surface area (Å²) in [5, 5.41) is 16.9. The van der Waals surface area contributed by atoms with Crippen LogP contribution in [-0.4, -0.2) is 23.0 Å². The lowest BCUT2D eigenvalue weighted by atomic mass is 10.2. The van der Waals surface area contributed by atoms with Crippen LogP contribution in [0.5, 0.6) is 0 Å². The number of benzene rings is 1. The molecule has 0 atom stereocenters. The van der Waals surface area contributed by atoms with Gasteiger partial charge >= 0.3 is 5.69 Å². The summed E-state index contributed by atoms with van der Waals surface area (Å²) in [6, 6.07) is 6.76. The normalized spacial score (nSPS) is 8.76. The topological polar surface area (TPSA) is 161 Å². The molecule has 0 spiro atoms. The Balaban J connectivity index is 0. The van der Waals surface area contributed by atoms with Crippen molar-refractivity contribution in [1.82, 2.24) is 0 Å². The lowest BCUT2D eigenvalue weighted by molar-refractivity contribution is 0.366. The van der Waals surface area contributed by atoms with Crippen molar-refractivity contribution in [3.05, 3.63) is 33.2 Å². The monoisotopic (exact) mass is 323 g/mol. The third kappa shape index (κ3) is 9.37. The fourth-order valence-electron chi connectivity index (χ4n) is 0.685. The lowest BCUT2D eigenvalue weighted by Crippen LogP contribution is -1.90. The second-order valence-corrected chi connectivity index (χ2v) is 4.07. The van der Waals surface area contributed by atoms with Gasteiger partial charge in [-0.15, -0.1) is 0 Å². The van der Waals surface area contributed by atoms with Crippen LogP contribution in [0.15, 0.2) is 22.7 Å². The number of rotatable bonds is 0. The second-order valence-electron chi connectivity index (χ2n) is 2.30. The molecule has 0 unspecified atom stereocenters. The van der Waals surface area contributed by atoms with E-state index in [1.165, 1.54) is 0 Å². The minimum Gasteiger partial charge on any atom is -0.726 e. The molecular weight excluding hydrogens is 318 g/mol. The number of nitriles is 1. The van der Waals surface area contributed by atoms with Crippen LogP contribution in [-0.2, 0) is 10.4 Å². The number of hydrogen-bond donors (Lipinski definition) is 1. The van der Waals surface area contributed by atoms with Crippen LogP contribution in [0.1, 0.15) is 5.56 Å². The molecule has 8 nitrogen and oxygen atoms in total. The van der Waals surface area contributed by atoms with E-state index in [2.05, 4.69) is 20.9 Å². The van der Waals surface area contributed by atoms with E-state index < -0.39 is 10.4 Å². The van der Waals surface area contributed by atoms with Gasteiger partial charge in [0.1, 0.15) is 11.6 Å². The molecule has 0 heterocycles. The zero-order chi connectivity index (χ0) is 12.8. The molecule has 0 radical (unpaired) electrons. The predicted molar refractivity (Wildman–Crippen MR) is 59.5 cm³/mol. The largest absolute Gasteiger partial charge is 0.726 e. The molecule has 3 N–H and O–H groups in total. The maximum atomic E-state index is 8.63. The van der Waals surface area contributed by atoms with E-state index in [-0.39, 0.29) is 11.2 Å². The fraction of sp³-hybridized carbons (Fsp3) is 0.